The quantitative estimate of drug-likeness (QED) is 0.899. The molecule has 0 radical (unpaired) electrons. The number of amides is 2. The third kappa shape index (κ3) is 4.49. The summed E-state index contributed by atoms with van der Waals surface area (Å²) in [6, 6.07) is 10.4. The Bertz CT molecular complexity index is 561. The maximum Gasteiger partial charge on any atom is 0.239 e. The molecule has 1 N–H and O–H groups in total. The van der Waals surface area contributed by atoms with E-state index in [0.717, 1.165) is 45.3 Å². The van der Waals surface area contributed by atoms with Gasteiger partial charge in [-0.15, -0.1) is 0 Å². The Morgan fingerprint density at radius 1 is 1.12 bits per heavy atom. The zero-order valence-corrected chi connectivity index (χ0v) is 14.2. The Balaban J connectivity index is 1.41. The molecule has 0 bridgehead atoms. The molecule has 24 heavy (non-hydrogen) atoms. The highest BCUT2D eigenvalue weighted by Gasteiger charge is 2.24. The van der Waals surface area contributed by atoms with Gasteiger partial charge in [-0.2, -0.15) is 0 Å². The van der Waals surface area contributed by atoms with Crippen LogP contribution in [-0.4, -0.2) is 49.4 Å². The van der Waals surface area contributed by atoms with Gasteiger partial charge in [-0.1, -0.05) is 24.6 Å². The van der Waals surface area contributed by atoms with Gasteiger partial charge in [0.1, 0.15) is 0 Å². The molecular weight excluding hydrogens is 302 g/mol. The van der Waals surface area contributed by atoms with Crippen LogP contribution in [-0.2, 0) is 9.59 Å². The lowest BCUT2D eigenvalue weighted by atomic mass is 10.1. The van der Waals surface area contributed by atoms with E-state index in [1.807, 2.05) is 6.07 Å². The van der Waals surface area contributed by atoms with Gasteiger partial charge < -0.3 is 15.1 Å². The van der Waals surface area contributed by atoms with Crippen molar-refractivity contribution < 1.29 is 9.59 Å². The normalized spacial score (nSPS) is 21.7. The van der Waals surface area contributed by atoms with E-state index >= 15 is 0 Å². The number of benzene rings is 1. The zero-order chi connectivity index (χ0) is 16.8. The predicted octanol–water partition coefficient (Wildman–Crippen LogP) is 2.03. The standard InChI is InChI=1S/C19H27N3O2/c23-18(15-22-11-6-2-5-9-19(22)24)20-13-16-10-12-21(14-16)17-7-3-1-4-8-17/h1,3-4,7-8,16H,2,5-6,9-15H2,(H,20,23). The zero-order valence-electron chi connectivity index (χ0n) is 14.2. The molecule has 2 fully saturated rings. The summed E-state index contributed by atoms with van der Waals surface area (Å²) < 4.78 is 0. The minimum Gasteiger partial charge on any atom is -0.371 e. The molecule has 0 spiro atoms. The van der Waals surface area contributed by atoms with E-state index in [4.69, 9.17) is 0 Å². The predicted molar refractivity (Wildman–Crippen MR) is 94.8 cm³/mol. The monoisotopic (exact) mass is 329 g/mol. The van der Waals surface area contributed by atoms with Gasteiger partial charge in [0.25, 0.3) is 0 Å². The largest absolute Gasteiger partial charge is 0.371 e. The Kier molecular flexibility index (Phi) is 5.72. The first-order chi connectivity index (χ1) is 11.7. The van der Waals surface area contributed by atoms with Gasteiger partial charge >= 0.3 is 0 Å². The second kappa shape index (κ2) is 8.18. The Morgan fingerprint density at radius 2 is 1.96 bits per heavy atom. The summed E-state index contributed by atoms with van der Waals surface area (Å²) in [5.74, 6) is 0.580. The molecule has 0 aromatic heterocycles. The fraction of sp³-hybridized carbons (Fsp3) is 0.579. The molecule has 1 unspecified atom stereocenters. The maximum atomic E-state index is 12.2. The molecule has 0 saturated carbocycles. The van der Waals surface area contributed by atoms with Crippen molar-refractivity contribution in [2.45, 2.75) is 32.1 Å². The van der Waals surface area contributed by atoms with Crippen LogP contribution in [0, 0.1) is 5.92 Å². The fourth-order valence-electron chi connectivity index (χ4n) is 3.57. The van der Waals surface area contributed by atoms with Crippen molar-refractivity contribution in [2.75, 3.05) is 37.6 Å². The van der Waals surface area contributed by atoms with E-state index in [1.165, 1.54) is 5.69 Å². The summed E-state index contributed by atoms with van der Waals surface area (Å²) in [7, 11) is 0. The van der Waals surface area contributed by atoms with E-state index in [9.17, 15) is 9.59 Å². The number of nitrogens with zero attached hydrogens (tertiary/aromatic N) is 2. The lowest BCUT2D eigenvalue weighted by Crippen LogP contribution is -2.42. The number of anilines is 1. The molecule has 1 atom stereocenters. The summed E-state index contributed by atoms with van der Waals surface area (Å²) in [5.41, 5.74) is 1.25. The van der Waals surface area contributed by atoms with E-state index in [-0.39, 0.29) is 18.4 Å². The number of carbonyl (C=O) groups is 2. The molecule has 5 heteroatoms. The van der Waals surface area contributed by atoms with Gasteiger partial charge in [-0.05, 0) is 37.3 Å². The average Bonchev–Trinajstić information content (AvgIpc) is 2.99. The Labute approximate surface area is 144 Å². The van der Waals surface area contributed by atoms with Crippen LogP contribution in [0.25, 0.3) is 0 Å². The fourth-order valence-corrected chi connectivity index (χ4v) is 3.57. The number of para-hydroxylation sites is 1. The van der Waals surface area contributed by atoms with Gasteiger partial charge in [0, 0.05) is 38.3 Å². The van der Waals surface area contributed by atoms with Crippen molar-refractivity contribution in [3.05, 3.63) is 30.3 Å². The van der Waals surface area contributed by atoms with Crippen LogP contribution in [0.1, 0.15) is 32.1 Å². The molecule has 130 valence electrons. The van der Waals surface area contributed by atoms with Crippen molar-refractivity contribution >= 4 is 17.5 Å². The minimum atomic E-state index is -0.0246. The molecule has 3 rings (SSSR count). The smallest absolute Gasteiger partial charge is 0.239 e. The van der Waals surface area contributed by atoms with Crippen LogP contribution in [0.3, 0.4) is 0 Å². The summed E-state index contributed by atoms with van der Waals surface area (Å²) in [6.45, 7) is 3.65. The van der Waals surface area contributed by atoms with Crippen LogP contribution >= 0.6 is 0 Å². The number of likely N-dealkylation sites (tertiary alicyclic amines) is 1. The first-order valence-corrected chi connectivity index (χ1v) is 9.07. The summed E-state index contributed by atoms with van der Waals surface area (Å²) >= 11 is 0. The minimum absolute atomic E-state index is 0.0246. The van der Waals surface area contributed by atoms with Crippen LogP contribution in [0.15, 0.2) is 30.3 Å². The van der Waals surface area contributed by atoms with Gasteiger partial charge in [0.05, 0.1) is 6.54 Å². The van der Waals surface area contributed by atoms with Crippen molar-refractivity contribution in [1.29, 1.82) is 0 Å². The maximum absolute atomic E-state index is 12.2. The first kappa shape index (κ1) is 16.8. The number of rotatable bonds is 5. The van der Waals surface area contributed by atoms with E-state index in [1.54, 1.807) is 4.90 Å². The molecule has 0 aliphatic carbocycles. The third-order valence-electron chi connectivity index (χ3n) is 5.00. The molecule has 2 amide bonds. The highest BCUT2D eigenvalue weighted by molar-refractivity contribution is 5.84. The van der Waals surface area contributed by atoms with E-state index in [0.29, 0.717) is 18.9 Å². The highest BCUT2D eigenvalue weighted by atomic mass is 16.2. The number of nitrogens with one attached hydrogen (secondary N) is 1. The second-order valence-corrected chi connectivity index (χ2v) is 6.87. The summed E-state index contributed by atoms with van der Waals surface area (Å²) in [5, 5.41) is 3.03. The molecule has 5 nitrogen and oxygen atoms in total. The van der Waals surface area contributed by atoms with Gasteiger partial charge in [0.15, 0.2) is 0 Å². The molecule has 1 aromatic rings. The topological polar surface area (TPSA) is 52.7 Å². The lowest BCUT2D eigenvalue weighted by Gasteiger charge is -2.21. The summed E-state index contributed by atoms with van der Waals surface area (Å²) in [4.78, 5) is 28.2. The van der Waals surface area contributed by atoms with Gasteiger partial charge in [-0.3, -0.25) is 9.59 Å². The Hall–Kier alpha value is -2.04. The van der Waals surface area contributed by atoms with Crippen LogP contribution in [0.2, 0.25) is 0 Å². The molecule has 2 saturated heterocycles. The molecule has 2 aliphatic heterocycles. The molecule has 2 aliphatic rings. The average molecular weight is 329 g/mol. The number of hydrogen-bond donors (Lipinski definition) is 1. The van der Waals surface area contributed by atoms with Crippen molar-refractivity contribution in [3.8, 4) is 0 Å². The SMILES string of the molecule is O=C(CN1CCCCCC1=O)NCC1CCN(c2ccccc2)C1. The molecule has 2 heterocycles. The third-order valence-corrected chi connectivity index (χ3v) is 5.00. The van der Waals surface area contributed by atoms with Crippen LogP contribution in [0.4, 0.5) is 5.69 Å². The highest BCUT2D eigenvalue weighted by Crippen LogP contribution is 2.22. The number of hydrogen-bond acceptors (Lipinski definition) is 3. The van der Waals surface area contributed by atoms with Crippen LogP contribution in [0.5, 0.6) is 0 Å². The number of carbonyl (C=O) groups excluding carboxylic acids is 2. The van der Waals surface area contributed by atoms with Crippen molar-refractivity contribution in [2.24, 2.45) is 5.92 Å². The molecule has 1 aromatic carbocycles. The second-order valence-electron chi connectivity index (χ2n) is 6.87. The van der Waals surface area contributed by atoms with E-state index in [2.05, 4.69) is 34.5 Å². The molecular formula is C19H27N3O2. The van der Waals surface area contributed by atoms with Crippen molar-refractivity contribution in [3.63, 3.8) is 0 Å². The lowest BCUT2D eigenvalue weighted by molar-refractivity contribution is -0.135. The van der Waals surface area contributed by atoms with Gasteiger partial charge in [-0.25, -0.2) is 0 Å². The van der Waals surface area contributed by atoms with E-state index < -0.39 is 0 Å². The van der Waals surface area contributed by atoms with Gasteiger partial charge in [0.2, 0.25) is 11.8 Å². The Morgan fingerprint density at radius 3 is 2.79 bits per heavy atom. The first-order valence-electron chi connectivity index (χ1n) is 9.07. The summed E-state index contributed by atoms with van der Waals surface area (Å²) in [6.07, 6.45) is 4.73. The van der Waals surface area contributed by atoms with Crippen molar-refractivity contribution in [1.82, 2.24) is 10.2 Å². The van der Waals surface area contributed by atoms with Crippen LogP contribution < -0.4 is 10.2 Å².